The molecule has 0 radical (unpaired) electrons. The van der Waals surface area contributed by atoms with Crippen LogP contribution in [-0.2, 0) is 4.79 Å². The van der Waals surface area contributed by atoms with Gasteiger partial charge in [0.2, 0.25) is 5.91 Å². The van der Waals surface area contributed by atoms with Crippen molar-refractivity contribution in [1.82, 2.24) is 15.1 Å². The average molecular weight is 296 g/mol. The van der Waals surface area contributed by atoms with Crippen molar-refractivity contribution in [1.29, 1.82) is 0 Å². The van der Waals surface area contributed by atoms with E-state index in [1.807, 2.05) is 0 Å². The Morgan fingerprint density at radius 2 is 1.81 bits per heavy atom. The van der Waals surface area contributed by atoms with Crippen molar-refractivity contribution >= 4 is 5.91 Å². The maximum atomic E-state index is 11.9. The third-order valence-corrected chi connectivity index (χ3v) is 5.02. The van der Waals surface area contributed by atoms with Gasteiger partial charge in [-0.15, -0.1) is 0 Å². The first kappa shape index (κ1) is 16.7. The number of nitrogens with one attached hydrogen (secondary N) is 1. The van der Waals surface area contributed by atoms with Crippen LogP contribution in [0.3, 0.4) is 0 Å². The van der Waals surface area contributed by atoms with Gasteiger partial charge in [-0.25, -0.2) is 0 Å². The summed E-state index contributed by atoms with van der Waals surface area (Å²) in [5, 5.41) is 3.07. The Balaban J connectivity index is 1.49. The van der Waals surface area contributed by atoms with Crippen LogP contribution in [0.5, 0.6) is 0 Å². The predicted octanol–water partition coefficient (Wildman–Crippen LogP) is 0.648. The second-order valence-corrected chi connectivity index (χ2v) is 6.81. The minimum absolute atomic E-state index is 0.221. The van der Waals surface area contributed by atoms with Crippen LogP contribution in [0.1, 0.15) is 38.5 Å². The number of carbonyl (C=O) groups excluding carboxylic acids is 1. The lowest BCUT2D eigenvalue weighted by Crippen LogP contribution is -2.46. The van der Waals surface area contributed by atoms with Crippen molar-refractivity contribution in [2.24, 2.45) is 11.7 Å². The largest absolute Gasteiger partial charge is 0.355 e. The third kappa shape index (κ3) is 6.32. The van der Waals surface area contributed by atoms with Crippen LogP contribution in [0.4, 0.5) is 0 Å². The van der Waals surface area contributed by atoms with Crippen LogP contribution < -0.4 is 11.1 Å². The minimum Gasteiger partial charge on any atom is -0.355 e. The number of hydrogen-bond acceptors (Lipinski definition) is 4. The van der Waals surface area contributed by atoms with Crippen molar-refractivity contribution in [3.8, 4) is 0 Å². The van der Waals surface area contributed by atoms with Crippen molar-refractivity contribution in [2.75, 3.05) is 46.3 Å². The standard InChI is InChI=1S/C16H32N4O/c1-19-10-12-20(13-11-19)9-8-18-16(21)7-4-14-2-5-15(17)6-3-14/h14-15H,2-13,17H2,1H3,(H,18,21). The summed E-state index contributed by atoms with van der Waals surface area (Å²) in [7, 11) is 2.16. The molecule has 21 heavy (non-hydrogen) atoms. The Kier molecular flexibility index (Phi) is 6.93. The number of carbonyl (C=O) groups is 1. The Bertz CT molecular complexity index is 307. The molecule has 2 rings (SSSR count). The topological polar surface area (TPSA) is 61.6 Å². The van der Waals surface area contributed by atoms with Crippen LogP contribution in [-0.4, -0.2) is 68.1 Å². The Morgan fingerprint density at radius 1 is 1.14 bits per heavy atom. The van der Waals surface area contributed by atoms with Crippen LogP contribution in [0.15, 0.2) is 0 Å². The van der Waals surface area contributed by atoms with Gasteiger partial charge in [0.25, 0.3) is 0 Å². The number of nitrogens with two attached hydrogens (primary N) is 1. The molecule has 122 valence electrons. The van der Waals surface area contributed by atoms with E-state index in [4.69, 9.17) is 5.73 Å². The number of rotatable bonds is 6. The van der Waals surface area contributed by atoms with E-state index in [9.17, 15) is 4.79 Å². The van der Waals surface area contributed by atoms with Gasteiger partial charge in [-0.2, -0.15) is 0 Å². The molecule has 0 aromatic carbocycles. The fourth-order valence-corrected chi connectivity index (χ4v) is 3.33. The first-order chi connectivity index (χ1) is 10.1. The summed E-state index contributed by atoms with van der Waals surface area (Å²) < 4.78 is 0. The molecule has 5 heteroatoms. The normalized spacial score (nSPS) is 28.5. The molecule has 0 bridgehead atoms. The summed E-state index contributed by atoms with van der Waals surface area (Å²) in [6.45, 7) is 6.29. The molecule has 0 aromatic rings. The maximum Gasteiger partial charge on any atom is 0.220 e. The second kappa shape index (κ2) is 8.71. The lowest BCUT2D eigenvalue weighted by molar-refractivity contribution is -0.121. The summed E-state index contributed by atoms with van der Waals surface area (Å²) in [4.78, 5) is 16.7. The number of amides is 1. The SMILES string of the molecule is CN1CCN(CCNC(=O)CCC2CCC(N)CC2)CC1. The van der Waals surface area contributed by atoms with Crippen LogP contribution >= 0.6 is 0 Å². The molecule has 1 aliphatic carbocycles. The van der Waals surface area contributed by atoms with Gasteiger partial charge in [-0.3, -0.25) is 9.69 Å². The van der Waals surface area contributed by atoms with E-state index in [0.29, 0.717) is 18.4 Å². The van der Waals surface area contributed by atoms with E-state index in [2.05, 4.69) is 22.2 Å². The highest BCUT2D eigenvalue weighted by molar-refractivity contribution is 5.75. The summed E-state index contributed by atoms with van der Waals surface area (Å²) in [5.74, 6) is 0.937. The van der Waals surface area contributed by atoms with Crippen molar-refractivity contribution in [2.45, 2.75) is 44.6 Å². The molecule has 1 aliphatic heterocycles. The molecule has 5 nitrogen and oxygen atoms in total. The molecule has 1 amide bonds. The van der Waals surface area contributed by atoms with Gasteiger partial charge in [0.05, 0.1) is 0 Å². The van der Waals surface area contributed by atoms with Gasteiger partial charge in [0.15, 0.2) is 0 Å². The monoisotopic (exact) mass is 296 g/mol. The van der Waals surface area contributed by atoms with Gasteiger partial charge >= 0.3 is 0 Å². The summed E-state index contributed by atoms with van der Waals surface area (Å²) >= 11 is 0. The lowest BCUT2D eigenvalue weighted by atomic mass is 9.84. The third-order valence-electron chi connectivity index (χ3n) is 5.02. The molecule has 0 unspecified atom stereocenters. The smallest absolute Gasteiger partial charge is 0.220 e. The summed E-state index contributed by atoms with van der Waals surface area (Å²) in [6, 6.07) is 0.402. The van der Waals surface area contributed by atoms with Crippen molar-refractivity contribution in [3.63, 3.8) is 0 Å². The molecule has 2 aliphatic rings. The lowest BCUT2D eigenvalue weighted by Gasteiger charge is -2.32. The molecule has 0 atom stereocenters. The zero-order valence-corrected chi connectivity index (χ0v) is 13.5. The minimum atomic E-state index is 0.221. The van der Waals surface area contributed by atoms with Gasteiger partial charge in [0.1, 0.15) is 0 Å². The fourth-order valence-electron chi connectivity index (χ4n) is 3.33. The Labute approximate surface area is 129 Å². The average Bonchev–Trinajstić information content (AvgIpc) is 2.49. The van der Waals surface area contributed by atoms with Crippen molar-refractivity contribution in [3.05, 3.63) is 0 Å². The molecule has 1 heterocycles. The number of likely N-dealkylation sites (N-methyl/N-ethyl adjacent to an activating group) is 1. The highest BCUT2D eigenvalue weighted by Gasteiger charge is 2.19. The molecular weight excluding hydrogens is 264 g/mol. The first-order valence-electron chi connectivity index (χ1n) is 8.56. The number of piperazine rings is 1. The number of nitrogens with zero attached hydrogens (tertiary/aromatic N) is 2. The number of hydrogen-bond donors (Lipinski definition) is 2. The molecule has 1 saturated heterocycles. The van der Waals surface area contributed by atoms with E-state index >= 15 is 0 Å². The van der Waals surface area contributed by atoms with Gasteiger partial charge in [0, 0.05) is 51.7 Å². The highest BCUT2D eigenvalue weighted by Crippen LogP contribution is 2.26. The van der Waals surface area contributed by atoms with E-state index in [-0.39, 0.29) is 5.91 Å². The van der Waals surface area contributed by atoms with Gasteiger partial charge < -0.3 is 16.0 Å². The van der Waals surface area contributed by atoms with Gasteiger partial charge in [-0.1, -0.05) is 0 Å². The van der Waals surface area contributed by atoms with E-state index < -0.39 is 0 Å². The van der Waals surface area contributed by atoms with Crippen LogP contribution in [0, 0.1) is 5.92 Å². The zero-order chi connectivity index (χ0) is 15.1. The zero-order valence-electron chi connectivity index (χ0n) is 13.5. The molecule has 0 spiro atoms. The summed E-state index contributed by atoms with van der Waals surface area (Å²) in [6.07, 6.45) is 6.40. The molecule has 0 aromatic heterocycles. The quantitative estimate of drug-likeness (QED) is 0.755. The molecule has 3 N–H and O–H groups in total. The fraction of sp³-hybridized carbons (Fsp3) is 0.938. The Morgan fingerprint density at radius 3 is 2.48 bits per heavy atom. The highest BCUT2D eigenvalue weighted by atomic mass is 16.1. The Hall–Kier alpha value is -0.650. The first-order valence-corrected chi connectivity index (χ1v) is 8.56. The van der Waals surface area contributed by atoms with E-state index in [1.54, 1.807) is 0 Å². The molecule has 2 fully saturated rings. The molecular formula is C16H32N4O. The van der Waals surface area contributed by atoms with Crippen LogP contribution in [0.25, 0.3) is 0 Å². The summed E-state index contributed by atoms with van der Waals surface area (Å²) in [5.41, 5.74) is 5.91. The van der Waals surface area contributed by atoms with E-state index in [0.717, 1.165) is 58.5 Å². The van der Waals surface area contributed by atoms with E-state index in [1.165, 1.54) is 12.8 Å². The van der Waals surface area contributed by atoms with Crippen molar-refractivity contribution < 1.29 is 4.79 Å². The van der Waals surface area contributed by atoms with Crippen LogP contribution in [0.2, 0.25) is 0 Å². The van der Waals surface area contributed by atoms with Gasteiger partial charge in [-0.05, 0) is 45.1 Å². The second-order valence-electron chi connectivity index (χ2n) is 6.81. The molecule has 1 saturated carbocycles. The predicted molar refractivity (Wildman–Crippen MR) is 86.1 cm³/mol. The maximum absolute atomic E-state index is 11.9.